The van der Waals surface area contributed by atoms with E-state index in [0.717, 1.165) is 16.5 Å². The van der Waals surface area contributed by atoms with Gasteiger partial charge in [0.25, 0.3) is 5.91 Å². The molecule has 0 unspecified atom stereocenters. The number of nitrogens with two attached hydrogens (primary N) is 1. The normalized spacial score (nSPS) is 10.5. The molecule has 3 N–H and O–H groups in total. The number of benzene rings is 2. The molecule has 1 aromatic heterocycles. The number of hydrogen-bond donors (Lipinski definition) is 2. The Hall–Kier alpha value is -2.95. The number of aromatic nitrogens is 2. The van der Waals surface area contributed by atoms with Crippen LogP contribution in [0, 0.1) is 0 Å². The van der Waals surface area contributed by atoms with E-state index in [0.29, 0.717) is 12.1 Å². The number of anilines is 1. The van der Waals surface area contributed by atoms with E-state index in [9.17, 15) is 4.79 Å². The van der Waals surface area contributed by atoms with Crippen LogP contribution in [0.25, 0.3) is 10.9 Å². The van der Waals surface area contributed by atoms with Gasteiger partial charge in [0.1, 0.15) is 0 Å². The quantitative estimate of drug-likeness (QED) is 0.769. The molecule has 0 aliphatic rings. The topological polar surface area (TPSA) is 80.9 Å². The number of nitrogens with one attached hydrogen (secondary N) is 1. The molecule has 0 aliphatic carbocycles. The lowest BCUT2D eigenvalue weighted by Gasteiger charge is -2.06. The van der Waals surface area contributed by atoms with E-state index < -0.39 is 0 Å². The second-order valence-electron chi connectivity index (χ2n) is 4.67. The molecule has 104 valence electrons. The van der Waals surface area contributed by atoms with Crippen molar-refractivity contribution in [3.63, 3.8) is 0 Å². The monoisotopic (exact) mass is 278 g/mol. The number of fused-ring (bicyclic) bond motifs is 1. The third-order valence-electron chi connectivity index (χ3n) is 3.15. The molecule has 0 atom stereocenters. The Morgan fingerprint density at radius 1 is 1.14 bits per heavy atom. The Morgan fingerprint density at radius 3 is 2.76 bits per heavy atom. The Labute approximate surface area is 121 Å². The highest BCUT2D eigenvalue weighted by atomic mass is 16.1. The van der Waals surface area contributed by atoms with Crippen molar-refractivity contribution in [3.8, 4) is 0 Å². The summed E-state index contributed by atoms with van der Waals surface area (Å²) in [7, 11) is 0. The van der Waals surface area contributed by atoms with Gasteiger partial charge in [-0.15, -0.1) is 0 Å². The molecule has 3 aromatic rings. The van der Waals surface area contributed by atoms with Crippen LogP contribution in [0.2, 0.25) is 0 Å². The molecule has 2 aromatic carbocycles. The maximum Gasteiger partial charge on any atom is 0.251 e. The van der Waals surface area contributed by atoms with Gasteiger partial charge < -0.3 is 11.1 Å². The van der Waals surface area contributed by atoms with Crippen LogP contribution in [0.4, 0.5) is 5.95 Å². The van der Waals surface area contributed by atoms with Crippen molar-refractivity contribution in [3.05, 3.63) is 65.9 Å². The minimum atomic E-state index is -0.0992. The largest absolute Gasteiger partial charge is 0.368 e. The lowest BCUT2D eigenvalue weighted by molar-refractivity contribution is 0.0951. The molecule has 1 amide bonds. The van der Waals surface area contributed by atoms with Crippen molar-refractivity contribution >= 4 is 22.8 Å². The molecule has 0 spiro atoms. The first kappa shape index (κ1) is 13.1. The lowest BCUT2D eigenvalue weighted by atomic mass is 10.1. The fourth-order valence-electron chi connectivity index (χ4n) is 2.07. The third kappa shape index (κ3) is 2.97. The minimum absolute atomic E-state index is 0.0992. The Morgan fingerprint density at radius 2 is 1.95 bits per heavy atom. The van der Waals surface area contributed by atoms with E-state index in [2.05, 4.69) is 15.3 Å². The summed E-state index contributed by atoms with van der Waals surface area (Å²) in [5.74, 6) is 0.144. The van der Waals surface area contributed by atoms with Crippen LogP contribution in [0.3, 0.4) is 0 Å². The van der Waals surface area contributed by atoms with Crippen molar-refractivity contribution in [1.29, 1.82) is 0 Å². The maximum absolute atomic E-state index is 12.0. The third-order valence-corrected chi connectivity index (χ3v) is 3.15. The first-order valence-corrected chi connectivity index (χ1v) is 6.57. The number of carbonyl (C=O) groups is 1. The lowest BCUT2D eigenvalue weighted by Crippen LogP contribution is -2.22. The molecule has 0 radical (unpaired) electrons. The average molecular weight is 278 g/mol. The summed E-state index contributed by atoms with van der Waals surface area (Å²) in [6, 6.07) is 14.9. The Bertz CT molecular complexity index is 787. The highest BCUT2D eigenvalue weighted by molar-refractivity contribution is 5.94. The molecule has 21 heavy (non-hydrogen) atoms. The van der Waals surface area contributed by atoms with E-state index in [1.807, 2.05) is 36.4 Å². The maximum atomic E-state index is 12.0. The van der Waals surface area contributed by atoms with Crippen LogP contribution >= 0.6 is 0 Å². The van der Waals surface area contributed by atoms with Gasteiger partial charge in [0.15, 0.2) is 0 Å². The number of amides is 1. The second kappa shape index (κ2) is 5.58. The van der Waals surface area contributed by atoms with Crippen LogP contribution in [0.1, 0.15) is 15.9 Å². The molecule has 0 saturated heterocycles. The molecule has 0 bridgehead atoms. The summed E-state index contributed by atoms with van der Waals surface area (Å²) in [5.41, 5.74) is 7.96. The molecule has 0 aliphatic heterocycles. The molecule has 0 fully saturated rings. The summed E-state index contributed by atoms with van der Waals surface area (Å²) in [6.07, 6.45) is 1.68. The first-order chi connectivity index (χ1) is 10.2. The zero-order valence-electron chi connectivity index (χ0n) is 11.3. The average Bonchev–Trinajstić information content (AvgIpc) is 2.53. The Balaban J connectivity index is 1.75. The van der Waals surface area contributed by atoms with Gasteiger partial charge in [0.05, 0.1) is 5.52 Å². The molecule has 3 rings (SSSR count). The van der Waals surface area contributed by atoms with Gasteiger partial charge >= 0.3 is 0 Å². The summed E-state index contributed by atoms with van der Waals surface area (Å²) >= 11 is 0. The number of nitrogen functional groups attached to an aromatic ring is 1. The van der Waals surface area contributed by atoms with Crippen LogP contribution < -0.4 is 11.1 Å². The van der Waals surface area contributed by atoms with Crippen molar-refractivity contribution in [2.24, 2.45) is 0 Å². The van der Waals surface area contributed by atoms with Gasteiger partial charge in [-0.3, -0.25) is 4.79 Å². The fraction of sp³-hybridized carbons (Fsp3) is 0.0625. The van der Waals surface area contributed by atoms with Gasteiger partial charge in [-0.05, 0) is 23.8 Å². The second-order valence-corrected chi connectivity index (χ2v) is 4.67. The van der Waals surface area contributed by atoms with Crippen LogP contribution in [-0.4, -0.2) is 15.9 Å². The van der Waals surface area contributed by atoms with Crippen LogP contribution in [-0.2, 0) is 6.54 Å². The molecule has 5 nitrogen and oxygen atoms in total. The smallest absolute Gasteiger partial charge is 0.251 e. The molecular weight excluding hydrogens is 264 g/mol. The van der Waals surface area contributed by atoms with Crippen molar-refractivity contribution in [1.82, 2.24) is 15.3 Å². The standard InChI is InChI=1S/C16H14N4O/c17-16-19-10-13-7-6-11(8-14(13)20-16)9-18-15(21)12-4-2-1-3-5-12/h1-8,10H,9H2,(H,18,21)(H2,17,19,20). The van der Waals surface area contributed by atoms with Gasteiger partial charge in [-0.25, -0.2) is 9.97 Å². The van der Waals surface area contributed by atoms with Gasteiger partial charge in [-0.1, -0.05) is 30.3 Å². The molecular formula is C16H14N4O. The summed E-state index contributed by atoms with van der Waals surface area (Å²) in [6.45, 7) is 0.438. The summed E-state index contributed by atoms with van der Waals surface area (Å²) in [5, 5.41) is 3.80. The number of hydrogen-bond acceptors (Lipinski definition) is 4. The molecule has 0 saturated carbocycles. The summed E-state index contributed by atoms with van der Waals surface area (Å²) < 4.78 is 0. The van der Waals surface area contributed by atoms with E-state index in [1.165, 1.54) is 0 Å². The highest BCUT2D eigenvalue weighted by Crippen LogP contribution is 2.14. The van der Waals surface area contributed by atoms with E-state index in [1.54, 1.807) is 18.3 Å². The zero-order chi connectivity index (χ0) is 14.7. The molecule has 5 heteroatoms. The molecule has 1 heterocycles. The fourth-order valence-corrected chi connectivity index (χ4v) is 2.07. The van der Waals surface area contributed by atoms with Crippen LogP contribution in [0.5, 0.6) is 0 Å². The van der Waals surface area contributed by atoms with Crippen LogP contribution in [0.15, 0.2) is 54.7 Å². The van der Waals surface area contributed by atoms with Crippen molar-refractivity contribution in [2.75, 3.05) is 5.73 Å². The predicted molar refractivity (Wildman–Crippen MR) is 81.6 cm³/mol. The summed E-state index contributed by atoms with van der Waals surface area (Å²) in [4.78, 5) is 20.1. The minimum Gasteiger partial charge on any atom is -0.368 e. The number of rotatable bonds is 3. The predicted octanol–water partition coefficient (Wildman–Crippen LogP) is 2.14. The van der Waals surface area contributed by atoms with E-state index >= 15 is 0 Å². The number of nitrogens with zero attached hydrogens (tertiary/aromatic N) is 2. The van der Waals surface area contributed by atoms with Crippen molar-refractivity contribution in [2.45, 2.75) is 6.54 Å². The van der Waals surface area contributed by atoms with Gasteiger partial charge in [-0.2, -0.15) is 0 Å². The van der Waals surface area contributed by atoms with E-state index in [-0.39, 0.29) is 11.9 Å². The zero-order valence-corrected chi connectivity index (χ0v) is 11.3. The number of carbonyl (C=O) groups excluding carboxylic acids is 1. The SMILES string of the molecule is Nc1ncc2ccc(CNC(=O)c3ccccc3)cc2n1. The van der Waals surface area contributed by atoms with Crippen molar-refractivity contribution < 1.29 is 4.79 Å². The first-order valence-electron chi connectivity index (χ1n) is 6.57. The van der Waals surface area contributed by atoms with Gasteiger partial charge in [0, 0.05) is 23.7 Å². The van der Waals surface area contributed by atoms with Gasteiger partial charge in [0.2, 0.25) is 5.95 Å². The Kier molecular flexibility index (Phi) is 3.47. The van der Waals surface area contributed by atoms with E-state index in [4.69, 9.17) is 5.73 Å². The highest BCUT2D eigenvalue weighted by Gasteiger charge is 2.05.